The van der Waals surface area contributed by atoms with Crippen LogP contribution in [0.4, 0.5) is 0 Å². The lowest BCUT2D eigenvalue weighted by Crippen LogP contribution is -2.20. The third-order valence-corrected chi connectivity index (χ3v) is 3.72. The van der Waals surface area contributed by atoms with Crippen LogP contribution in [0.25, 0.3) is 0 Å². The summed E-state index contributed by atoms with van der Waals surface area (Å²) in [7, 11) is 3.77. The van der Waals surface area contributed by atoms with E-state index in [4.69, 9.17) is 4.74 Å². The van der Waals surface area contributed by atoms with Crippen LogP contribution in [0.1, 0.15) is 30.5 Å². The molecule has 1 aliphatic carbocycles. The fraction of sp³-hybridized carbons (Fsp3) is 0.571. The van der Waals surface area contributed by atoms with Gasteiger partial charge in [-0.3, -0.25) is 0 Å². The molecule has 0 bridgehead atoms. The van der Waals surface area contributed by atoms with Gasteiger partial charge in [0.05, 0.1) is 7.11 Å². The van der Waals surface area contributed by atoms with Crippen molar-refractivity contribution in [3.05, 3.63) is 29.3 Å². The molecular formula is C14H21NO. The molecule has 2 rings (SSSR count). The molecule has 88 valence electrons. The molecule has 1 aromatic carbocycles. The number of aryl methyl sites for hydroxylation is 1. The third kappa shape index (κ3) is 2.07. The van der Waals surface area contributed by atoms with Crippen LogP contribution in [0.3, 0.4) is 0 Å². The number of hydrogen-bond acceptors (Lipinski definition) is 2. The largest absolute Gasteiger partial charge is 0.497 e. The Labute approximate surface area is 98.0 Å². The average molecular weight is 219 g/mol. The molecule has 0 spiro atoms. The molecule has 16 heavy (non-hydrogen) atoms. The lowest BCUT2D eigenvalue weighted by molar-refractivity contribution is 0.413. The number of methoxy groups -OCH3 is 1. The molecular weight excluding hydrogens is 198 g/mol. The lowest BCUT2D eigenvalue weighted by atomic mass is 9.96. The van der Waals surface area contributed by atoms with E-state index >= 15 is 0 Å². The molecule has 0 saturated heterocycles. The Morgan fingerprint density at radius 1 is 1.44 bits per heavy atom. The maximum Gasteiger partial charge on any atom is 0.119 e. The maximum absolute atomic E-state index is 5.24. The molecule has 3 atom stereocenters. The minimum atomic E-state index is 0.501. The van der Waals surface area contributed by atoms with Crippen molar-refractivity contribution in [2.75, 3.05) is 14.2 Å². The monoisotopic (exact) mass is 219 g/mol. The van der Waals surface area contributed by atoms with Crippen molar-refractivity contribution in [2.24, 2.45) is 11.8 Å². The van der Waals surface area contributed by atoms with Crippen LogP contribution in [0.5, 0.6) is 5.75 Å². The highest BCUT2D eigenvalue weighted by Gasteiger charge is 2.39. The van der Waals surface area contributed by atoms with Gasteiger partial charge in [0.1, 0.15) is 5.75 Å². The molecule has 1 aromatic rings. The van der Waals surface area contributed by atoms with Gasteiger partial charge < -0.3 is 10.1 Å². The molecule has 1 N–H and O–H groups in total. The number of ether oxygens (including phenoxy) is 1. The van der Waals surface area contributed by atoms with Crippen LogP contribution in [-0.4, -0.2) is 14.2 Å². The van der Waals surface area contributed by atoms with Gasteiger partial charge in [0.25, 0.3) is 0 Å². The first kappa shape index (κ1) is 11.5. The van der Waals surface area contributed by atoms with E-state index in [-0.39, 0.29) is 0 Å². The van der Waals surface area contributed by atoms with E-state index in [9.17, 15) is 0 Å². The van der Waals surface area contributed by atoms with E-state index in [1.807, 2.05) is 0 Å². The van der Waals surface area contributed by atoms with Gasteiger partial charge >= 0.3 is 0 Å². The van der Waals surface area contributed by atoms with Gasteiger partial charge in [-0.05, 0) is 55.5 Å². The Kier molecular flexibility index (Phi) is 3.20. The quantitative estimate of drug-likeness (QED) is 0.840. The van der Waals surface area contributed by atoms with E-state index in [0.29, 0.717) is 6.04 Å². The van der Waals surface area contributed by atoms with E-state index in [1.54, 1.807) is 7.11 Å². The summed E-state index contributed by atoms with van der Waals surface area (Å²) in [4.78, 5) is 0. The van der Waals surface area contributed by atoms with Crippen molar-refractivity contribution < 1.29 is 4.74 Å². The average Bonchev–Trinajstić information content (AvgIpc) is 2.99. The van der Waals surface area contributed by atoms with Gasteiger partial charge in [0.15, 0.2) is 0 Å². The van der Waals surface area contributed by atoms with Crippen LogP contribution in [0, 0.1) is 18.8 Å². The Bertz CT molecular complexity index is 375. The van der Waals surface area contributed by atoms with Crippen molar-refractivity contribution in [1.29, 1.82) is 0 Å². The number of hydrogen-bond donors (Lipinski definition) is 1. The summed E-state index contributed by atoms with van der Waals surface area (Å²) in [6.45, 7) is 4.49. The molecule has 0 aliphatic heterocycles. The van der Waals surface area contributed by atoms with Gasteiger partial charge in [0, 0.05) is 6.04 Å². The SMILES string of the molecule is CNC(c1ccc(OC)cc1C)C1CC1C. The number of rotatable bonds is 4. The zero-order valence-corrected chi connectivity index (χ0v) is 10.6. The van der Waals surface area contributed by atoms with E-state index in [2.05, 4.69) is 44.4 Å². The molecule has 0 heterocycles. The minimum Gasteiger partial charge on any atom is -0.497 e. The van der Waals surface area contributed by atoms with Gasteiger partial charge in [-0.25, -0.2) is 0 Å². The van der Waals surface area contributed by atoms with Crippen molar-refractivity contribution >= 4 is 0 Å². The molecule has 0 aromatic heterocycles. The molecule has 3 unspecified atom stereocenters. The van der Waals surface area contributed by atoms with E-state index in [1.165, 1.54) is 17.5 Å². The van der Waals surface area contributed by atoms with Crippen LogP contribution in [0.2, 0.25) is 0 Å². The Balaban J connectivity index is 2.24. The molecule has 1 saturated carbocycles. The second kappa shape index (κ2) is 4.46. The van der Waals surface area contributed by atoms with Crippen molar-refractivity contribution in [1.82, 2.24) is 5.32 Å². The Hall–Kier alpha value is -1.02. The Morgan fingerprint density at radius 2 is 2.12 bits per heavy atom. The second-order valence-corrected chi connectivity index (χ2v) is 4.87. The van der Waals surface area contributed by atoms with E-state index < -0.39 is 0 Å². The second-order valence-electron chi connectivity index (χ2n) is 4.87. The van der Waals surface area contributed by atoms with E-state index in [0.717, 1.165) is 17.6 Å². The predicted molar refractivity (Wildman–Crippen MR) is 66.8 cm³/mol. The number of nitrogens with one attached hydrogen (secondary N) is 1. The summed E-state index contributed by atoms with van der Waals surface area (Å²) in [6.07, 6.45) is 1.34. The third-order valence-electron chi connectivity index (χ3n) is 3.72. The van der Waals surface area contributed by atoms with Crippen molar-refractivity contribution in [3.8, 4) is 5.75 Å². The first-order valence-electron chi connectivity index (χ1n) is 5.99. The summed E-state index contributed by atoms with van der Waals surface area (Å²) in [5.41, 5.74) is 2.73. The van der Waals surface area contributed by atoms with Crippen LogP contribution >= 0.6 is 0 Å². The first-order valence-corrected chi connectivity index (χ1v) is 5.99. The standard InChI is InChI=1S/C14H21NO/c1-9-7-11(16-4)5-6-12(9)14(15-3)13-8-10(13)2/h5-7,10,13-15H,8H2,1-4H3. The molecule has 1 aliphatic rings. The van der Waals surface area contributed by atoms with Gasteiger partial charge in [-0.15, -0.1) is 0 Å². The highest BCUT2D eigenvalue weighted by molar-refractivity contribution is 5.37. The zero-order chi connectivity index (χ0) is 11.7. The molecule has 0 amide bonds. The van der Waals surface area contributed by atoms with Gasteiger partial charge in [-0.2, -0.15) is 0 Å². The molecule has 2 heteroatoms. The van der Waals surface area contributed by atoms with Crippen LogP contribution in [0.15, 0.2) is 18.2 Å². The van der Waals surface area contributed by atoms with Gasteiger partial charge in [0.2, 0.25) is 0 Å². The summed E-state index contributed by atoms with van der Waals surface area (Å²) in [5, 5.41) is 3.45. The lowest BCUT2D eigenvalue weighted by Gasteiger charge is -2.19. The van der Waals surface area contributed by atoms with Gasteiger partial charge in [-0.1, -0.05) is 13.0 Å². The molecule has 2 nitrogen and oxygen atoms in total. The van der Waals surface area contributed by atoms with Crippen LogP contribution in [-0.2, 0) is 0 Å². The summed E-state index contributed by atoms with van der Waals surface area (Å²) >= 11 is 0. The van der Waals surface area contributed by atoms with Crippen molar-refractivity contribution in [3.63, 3.8) is 0 Å². The Morgan fingerprint density at radius 3 is 2.56 bits per heavy atom. The predicted octanol–water partition coefficient (Wildman–Crippen LogP) is 2.92. The fourth-order valence-electron chi connectivity index (χ4n) is 2.54. The fourth-order valence-corrected chi connectivity index (χ4v) is 2.54. The normalized spacial score (nSPS) is 25.2. The summed E-state index contributed by atoms with van der Waals surface area (Å²) < 4.78 is 5.24. The highest BCUT2D eigenvalue weighted by Crippen LogP contribution is 2.47. The summed E-state index contributed by atoms with van der Waals surface area (Å²) in [5.74, 6) is 2.61. The minimum absolute atomic E-state index is 0.501. The highest BCUT2D eigenvalue weighted by atomic mass is 16.5. The summed E-state index contributed by atoms with van der Waals surface area (Å²) in [6, 6.07) is 6.87. The number of benzene rings is 1. The molecule has 1 fully saturated rings. The molecule has 0 radical (unpaired) electrons. The zero-order valence-electron chi connectivity index (χ0n) is 10.6. The topological polar surface area (TPSA) is 21.3 Å². The van der Waals surface area contributed by atoms with Crippen LogP contribution < -0.4 is 10.1 Å². The maximum atomic E-state index is 5.24. The van der Waals surface area contributed by atoms with Crippen molar-refractivity contribution in [2.45, 2.75) is 26.3 Å². The smallest absolute Gasteiger partial charge is 0.119 e. The first-order chi connectivity index (χ1) is 7.67.